The Labute approximate surface area is 127 Å². The number of carboxylic acid groups (broad SMARTS) is 1. The van der Waals surface area contributed by atoms with E-state index in [9.17, 15) is 9.59 Å². The third-order valence-electron chi connectivity index (χ3n) is 3.03. The number of amides is 1. The Morgan fingerprint density at radius 2 is 2.05 bits per heavy atom. The van der Waals surface area contributed by atoms with Crippen molar-refractivity contribution in [2.24, 2.45) is 0 Å². The summed E-state index contributed by atoms with van der Waals surface area (Å²) in [4.78, 5) is 23.3. The second kappa shape index (κ2) is 6.80. The average molecular weight is 303 g/mol. The van der Waals surface area contributed by atoms with Crippen LogP contribution < -0.4 is 10.1 Å². The summed E-state index contributed by atoms with van der Waals surface area (Å²) in [7, 11) is 0. The minimum atomic E-state index is -1.06. The van der Waals surface area contributed by atoms with Gasteiger partial charge in [0.1, 0.15) is 17.9 Å². The zero-order valence-electron chi connectivity index (χ0n) is 12.4. The lowest BCUT2D eigenvalue weighted by Gasteiger charge is -2.11. The van der Waals surface area contributed by atoms with Gasteiger partial charge in [-0.2, -0.15) is 0 Å². The van der Waals surface area contributed by atoms with Gasteiger partial charge < -0.3 is 19.6 Å². The molecule has 0 aliphatic rings. The average Bonchev–Trinajstić information content (AvgIpc) is 2.81. The molecular weight excluding hydrogens is 286 g/mol. The number of carbonyl (C=O) groups excluding carboxylic acids is 1. The molecule has 0 atom stereocenters. The van der Waals surface area contributed by atoms with Crippen LogP contribution in [0.25, 0.3) is 0 Å². The van der Waals surface area contributed by atoms with Gasteiger partial charge in [-0.3, -0.25) is 9.59 Å². The monoisotopic (exact) mass is 303 g/mol. The van der Waals surface area contributed by atoms with Crippen LogP contribution in [0.1, 0.15) is 28.6 Å². The van der Waals surface area contributed by atoms with E-state index in [1.807, 2.05) is 6.92 Å². The van der Waals surface area contributed by atoms with E-state index in [1.165, 1.54) is 6.26 Å². The fraction of sp³-hybridized carbons (Fsp3) is 0.250. The van der Waals surface area contributed by atoms with Gasteiger partial charge in [0.05, 0.1) is 24.1 Å². The van der Waals surface area contributed by atoms with Crippen LogP contribution in [-0.4, -0.2) is 23.6 Å². The second-order valence-electron chi connectivity index (χ2n) is 4.67. The number of anilines is 1. The molecule has 6 nitrogen and oxygen atoms in total. The van der Waals surface area contributed by atoms with Crippen LogP contribution in [0.15, 0.2) is 34.9 Å². The third kappa shape index (κ3) is 3.46. The van der Waals surface area contributed by atoms with Gasteiger partial charge in [0.2, 0.25) is 0 Å². The molecular formula is C16H17NO5. The number of para-hydroxylation sites is 2. The lowest BCUT2D eigenvalue weighted by Crippen LogP contribution is -2.16. The van der Waals surface area contributed by atoms with Gasteiger partial charge >= 0.3 is 5.97 Å². The van der Waals surface area contributed by atoms with Crippen LogP contribution in [-0.2, 0) is 11.2 Å². The van der Waals surface area contributed by atoms with Gasteiger partial charge in [-0.1, -0.05) is 12.1 Å². The smallest absolute Gasteiger partial charge is 0.311 e. The first-order valence-corrected chi connectivity index (χ1v) is 6.84. The Hall–Kier alpha value is -2.76. The minimum absolute atomic E-state index is 0.136. The number of aliphatic carboxylic acids is 1. The van der Waals surface area contributed by atoms with Crippen LogP contribution in [0, 0.1) is 6.92 Å². The van der Waals surface area contributed by atoms with E-state index in [-0.39, 0.29) is 17.7 Å². The van der Waals surface area contributed by atoms with Crippen LogP contribution >= 0.6 is 0 Å². The summed E-state index contributed by atoms with van der Waals surface area (Å²) in [6.07, 6.45) is 1.03. The normalized spacial score (nSPS) is 10.3. The summed E-state index contributed by atoms with van der Waals surface area (Å²) in [5, 5.41) is 11.6. The number of hydrogen-bond donors (Lipinski definition) is 2. The predicted molar refractivity (Wildman–Crippen MR) is 80.3 cm³/mol. The standard InChI is InChI=1S/C16H17NO5/c1-3-21-12-7-5-4-6-11(12)17-16(20)15-10(2)9-22-13(15)8-14(18)19/h4-7,9H,3,8H2,1-2H3,(H,17,20)(H,18,19). The van der Waals surface area contributed by atoms with Crippen molar-refractivity contribution in [1.82, 2.24) is 0 Å². The molecule has 0 saturated heterocycles. The Balaban J connectivity index is 2.26. The SMILES string of the molecule is CCOc1ccccc1NC(=O)c1c(C)coc1CC(=O)O. The number of ether oxygens (including phenoxy) is 1. The number of furan rings is 1. The van der Waals surface area contributed by atoms with E-state index in [1.54, 1.807) is 31.2 Å². The van der Waals surface area contributed by atoms with Crippen LogP contribution in [0.5, 0.6) is 5.75 Å². The fourth-order valence-electron chi connectivity index (χ4n) is 2.11. The highest BCUT2D eigenvalue weighted by molar-refractivity contribution is 6.07. The zero-order chi connectivity index (χ0) is 16.1. The number of benzene rings is 1. The molecule has 0 saturated carbocycles. The summed E-state index contributed by atoms with van der Waals surface area (Å²) < 4.78 is 10.6. The van der Waals surface area contributed by atoms with Gasteiger partial charge in [-0.05, 0) is 26.0 Å². The maximum Gasteiger partial charge on any atom is 0.311 e. The molecule has 1 heterocycles. The Bertz CT molecular complexity index is 690. The third-order valence-corrected chi connectivity index (χ3v) is 3.03. The van der Waals surface area contributed by atoms with Gasteiger partial charge in [-0.25, -0.2) is 0 Å². The Kier molecular flexibility index (Phi) is 4.83. The van der Waals surface area contributed by atoms with E-state index in [0.717, 1.165) is 0 Å². The number of carbonyl (C=O) groups is 2. The first kappa shape index (κ1) is 15.6. The van der Waals surface area contributed by atoms with Crippen LogP contribution in [0.2, 0.25) is 0 Å². The molecule has 2 rings (SSSR count). The number of nitrogens with one attached hydrogen (secondary N) is 1. The number of hydrogen-bond acceptors (Lipinski definition) is 4. The van der Waals surface area contributed by atoms with Crippen molar-refractivity contribution >= 4 is 17.6 Å². The molecule has 22 heavy (non-hydrogen) atoms. The largest absolute Gasteiger partial charge is 0.492 e. The van der Waals surface area contributed by atoms with Crippen molar-refractivity contribution in [3.63, 3.8) is 0 Å². The van der Waals surface area contributed by atoms with Crippen LogP contribution in [0.3, 0.4) is 0 Å². The van der Waals surface area contributed by atoms with Crippen molar-refractivity contribution in [3.8, 4) is 5.75 Å². The Morgan fingerprint density at radius 3 is 2.73 bits per heavy atom. The topological polar surface area (TPSA) is 88.8 Å². The first-order chi connectivity index (χ1) is 10.5. The molecule has 2 aromatic rings. The molecule has 0 fully saturated rings. The highest BCUT2D eigenvalue weighted by atomic mass is 16.5. The molecule has 116 valence electrons. The second-order valence-corrected chi connectivity index (χ2v) is 4.67. The fourth-order valence-corrected chi connectivity index (χ4v) is 2.11. The van der Waals surface area contributed by atoms with E-state index >= 15 is 0 Å². The number of carboxylic acids is 1. The summed E-state index contributed by atoms with van der Waals surface area (Å²) in [6.45, 7) is 4.02. The molecule has 0 aliphatic heterocycles. The van der Waals surface area contributed by atoms with Crippen molar-refractivity contribution in [2.45, 2.75) is 20.3 Å². The number of rotatable bonds is 6. The molecule has 0 unspecified atom stereocenters. The van der Waals surface area contributed by atoms with Gasteiger partial charge in [-0.15, -0.1) is 0 Å². The van der Waals surface area contributed by atoms with Gasteiger partial charge in [0, 0.05) is 5.56 Å². The van der Waals surface area contributed by atoms with E-state index in [2.05, 4.69) is 5.32 Å². The highest BCUT2D eigenvalue weighted by Crippen LogP contribution is 2.26. The Morgan fingerprint density at radius 1 is 1.32 bits per heavy atom. The molecule has 1 amide bonds. The lowest BCUT2D eigenvalue weighted by atomic mass is 10.1. The minimum Gasteiger partial charge on any atom is -0.492 e. The molecule has 0 spiro atoms. The van der Waals surface area contributed by atoms with Gasteiger partial charge in [0.25, 0.3) is 5.91 Å². The van der Waals surface area contributed by atoms with Gasteiger partial charge in [0.15, 0.2) is 0 Å². The zero-order valence-corrected chi connectivity index (χ0v) is 12.4. The highest BCUT2D eigenvalue weighted by Gasteiger charge is 2.21. The molecule has 0 bridgehead atoms. The molecule has 0 aliphatic carbocycles. The van der Waals surface area contributed by atoms with Crippen molar-refractivity contribution in [2.75, 3.05) is 11.9 Å². The summed E-state index contributed by atoms with van der Waals surface area (Å²) in [6, 6.07) is 7.05. The quantitative estimate of drug-likeness (QED) is 0.856. The first-order valence-electron chi connectivity index (χ1n) is 6.84. The summed E-state index contributed by atoms with van der Waals surface area (Å²) in [5.41, 5.74) is 1.35. The predicted octanol–water partition coefficient (Wildman–Crippen LogP) is 2.87. The van der Waals surface area contributed by atoms with E-state index in [4.69, 9.17) is 14.3 Å². The number of aryl methyl sites for hydroxylation is 1. The summed E-state index contributed by atoms with van der Waals surface area (Å²) in [5.74, 6) is -0.788. The molecule has 1 aromatic heterocycles. The van der Waals surface area contributed by atoms with Crippen molar-refractivity contribution in [1.29, 1.82) is 0 Å². The van der Waals surface area contributed by atoms with E-state index < -0.39 is 11.9 Å². The lowest BCUT2D eigenvalue weighted by molar-refractivity contribution is -0.136. The summed E-state index contributed by atoms with van der Waals surface area (Å²) >= 11 is 0. The molecule has 0 radical (unpaired) electrons. The van der Waals surface area contributed by atoms with E-state index in [0.29, 0.717) is 23.6 Å². The maximum atomic E-state index is 12.4. The van der Waals surface area contributed by atoms with Crippen molar-refractivity contribution < 1.29 is 23.8 Å². The molecule has 6 heteroatoms. The van der Waals surface area contributed by atoms with Crippen LogP contribution in [0.4, 0.5) is 5.69 Å². The maximum absolute atomic E-state index is 12.4. The molecule has 1 aromatic carbocycles. The van der Waals surface area contributed by atoms with Crippen molar-refractivity contribution in [3.05, 3.63) is 47.4 Å². The molecule has 2 N–H and O–H groups in total.